The van der Waals surface area contributed by atoms with Crippen molar-refractivity contribution in [3.63, 3.8) is 0 Å². The Kier molecular flexibility index (Phi) is 2.67. The number of aromatic nitrogens is 1. The quantitative estimate of drug-likeness (QED) is 0.906. The number of ether oxygens (including phenoxy) is 2. The van der Waals surface area contributed by atoms with Crippen LogP contribution in [0.1, 0.15) is 6.42 Å². The third-order valence-electron chi connectivity index (χ3n) is 3.99. The van der Waals surface area contributed by atoms with Crippen molar-refractivity contribution in [2.24, 2.45) is 0 Å². The third-order valence-corrected chi connectivity index (χ3v) is 3.99. The number of benzene rings is 1. The van der Waals surface area contributed by atoms with E-state index in [-0.39, 0.29) is 0 Å². The molecule has 0 spiro atoms. The average Bonchev–Trinajstić information content (AvgIpc) is 3.05. The van der Waals surface area contributed by atoms with Gasteiger partial charge in [0.1, 0.15) is 5.82 Å². The van der Waals surface area contributed by atoms with Crippen molar-refractivity contribution in [3.05, 3.63) is 24.4 Å². The SMILES string of the molecule is CN1CCC(Nc2nccc3cc4c(cc23)OCO4)C1. The van der Waals surface area contributed by atoms with Crippen LogP contribution in [0.4, 0.5) is 5.82 Å². The van der Waals surface area contributed by atoms with Gasteiger partial charge in [0, 0.05) is 24.2 Å². The summed E-state index contributed by atoms with van der Waals surface area (Å²) in [4.78, 5) is 6.83. The molecular weight excluding hydrogens is 254 g/mol. The Labute approximate surface area is 117 Å². The first kappa shape index (κ1) is 11.8. The van der Waals surface area contributed by atoms with Gasteiger partial charge in [0.05, 0.1) is 0 Å². The predicted molar refractivity (Wildman–Crippen MR) is 77.4 cm³/mol. The van der Waals surface area contributed by atoms with Crippen LogP contribution in [-0.2, 0) is 0 Å². The Morgan fingerprint density at radius 2 is 2.15 bits per heavy atom. The molecule has 3 heterocycles. The normalized spacial score (nSPS) is 21.6. The second-order valence-corrected chi connectivity index (χ2v) is 5.48. The highest BCUT2D eigenvalue weighted by Crippen LogP contribution is 2.38. The fourth-order valence-electron chi connectivity index (χ4n) is 2.92. The summed E-state index contributed by atoms with van der Waals surface area (Å²) >= 11 is 0. The molecule has 1 fully saturated rings. The van der Waals surface area contributed by atoms with Gasteiger partial charge in [-0.1, -0.05) is 0 Å². The lowest BCUT2D eigenvalue weighted by Crippen LogP contribution is -2.24. The maximum atomic E-state index is 5.46. The molecule has 1 aromatic heterocycles. The molecule has 0 aliphatic carbocycles. The van der Waals surface area contributed by atoms with Gasteiger partial charge in [0.25, 0.3) is 0 Å². The summed E-state index contributed by atoms with van der Waals surface area (Å²) in [5.41, 5.74) is 0. The third kappa shape index (κ3) is 1.94. The molecule has 1 atom stereocenters. The Morgan fingerprint density at radius 1 is 1.30 bits per heavy atom. The second-order valence-electron chi connectivity index (χ2n) is 5.48. The van der Waals surface area contributed by atoms with Crippen molar-refractivity contribution < 1.29 is 9.47 Å². The number of hydrogen-bond acceptors (Lipinski definition) is 5. The van der Waals surface area contributed by atoms with Gasteiger partial charge < -0.3 is 19.7 Å². The van der Waals surface area contributed by atoms with Crippen LogP contribution in [0.3, 0.4) is 0 Å². The van der Waals surface area contributed by atoms with Gasteiger partial charge in [0.2, 0.25) is 6.79 Å². The lowest BCUT2D eigenvalue weighted by Gasteiger charge is -2.15. The highest BCUT2D eigenvalue weighted by molar-refractivity contribution is 5.94. The first-order valence-electron chi connectivity index (χ1n) is 6.93. The number of pyridine rings is 1. The second kappa shape index (κ2) is 4.52. The largest absolute Gasteiger partial charge is 0.454 e. The van der Waals surface area contributed by atoms with E-state index < -0.39 is 0 Å². The zero-order valence-electron chi connectivity index (χ0n) is 11.4. The van der Waals surface area contributed by atoms with E-state index in [1.807, 2.05) is 24.4 Å². The summed E-state index contributed by atoms with van der Waals surface area (Å²) in [7, 11) is 2.15. The minimum Gasteiger partial charge on any atom is -0.454 e. The van der Waals surface area contributed by atoms with Crippen LogP contribution in [0.25, 0.3) is 10.8 Å². The predicted octanol–water partition coefficient (Wildman–Crippen LogP) is 2.08. The van der Waals surface area contributed by atoms with Gasteiger partial charge in [-0.25, -0.2) is 4.98 Å². The number of rotatable bonds is 2. The van der Waals surface area contributed by atoms with E-state index in [4.69, 9.17) is 9.47 Å². The maximum absolute atomic E-state index is 5.46. The monoisotopic (exact) mass is 271 g/mol. The minimum absolute atomic E-state index is 0.301. The topological polar surface area (TPSA) is 46.6 Å². The molecule has 1 saturated heterocycles. The van der Waals surface area contributed by atoms with E-state index in [0.29, 0.717) is 12.8 Å². The van der Waals surface area contributed by atoms with Crippen molar-refractivity contribution in [1.29, 1.82) is 0 Å². The van der Waals surface area contributed by atoms with Crippen LogP contribution in [0.15, 0.2) is 24.4 Å². The average molecular weight is 271 g/mol. The molecule has 0 saturated carbocycles. The van der Waals surface area contributed by atoms with Crippen LogP contribution >= 0.6 is 0 Å². The molecule has 5 nitrogen and oxygen atoms in total. The molecule has 104 valence electrons. The number of hydrogen-bond donors (Lipinski definition) is 1. The maximum Gasteiger partial charge on any atom is 0.231 e. The van der Waals surface area contributed by atoms with Crippen molar-refractivity contribution in [2.75, 3.05) is 32.2 Å². The molecule has 0 radical (unpaired) electrons. The van der Waals surface area contributed by atoms with Gasteiger partial charge in [-0.3, -0.25) is 0 Å². The van der Waals surface area contributed by atoms with Crippen molar-refractivity contribution in [1.82, 2.24) is 9.88 Å². The summed E-state index contributed by atoms with van der Waals surface area (Å²) in [5.74, 6) is 2.55. The number of likely N-dealkylation sites (N-methyl/N-ethyl adjacent to an activating group) is 1. The van der Waals surface area contributed by atoms with Gasteiger partial charge in [0.15, 0.2) is 11.5 Å². The molecule has 5 heteroatoms. The first-order valence-corrected chi connectivity index (χ1v) is 6.93. The van der Waals surface area contributed by atoms with E-state index in [1.165, 1.54) is 0 Å². The van der Waals surface area contributed by atoms with Crippen molar-refractivity contribution in [3.8, 4) is 11.5 Å². The molecule has 2 aromatic rings. The minimum atomic E-state index is 0.301. The summed E-state index contributed by atoms with van der Waals surface area (Å²) in [6, 6.07) is 6.50. The zero-order chi connectivity index (χ0) is 13.5. The fourth-order valence-corrected chi connectivity index (χ4v) is 2.92. The summed E-state index contributed by atoms with van der Waals surface area (Å²) in [6.45, 7) is 2.49. The first-order chi connectivity index (χ1) is 9.79. The molecule has 2 aliphatic rings. The van der Waals surface area contributed by atoms with E-state index in [1.54, 1.807) is 0 Å². The van der Waals surface area contributed by atoms with E-state index in [0.717, 1.165) is 47.6 Å². The summed E-state index contributed by atoms with van der Waals surface area (Å²) in [6.07, 6.45) is 2.99. The Balaban J connectivity index is 1.72. The van der Waals surface area contributed by atoms with E-state index in [2.05, 4.69) is 22.2 Å². The molecule has 4 rings (SSSR count). The molecule has 2 aliphatic heterocycles. The fraction of sp³-hybridized carbons (Fsp3) is 0.400. The van der Waals surface area contributed by atoms with Gasteiger partial charge in [-0.15, -0.1) is 0 Å². The molecule has 0 bridgehead atoms. The molecule has 1 aromatic carbocycles. The molecule has 0 amide bonds. The van der Waals surface area contributed by atoms with Crippen LogP contribution in [0.5, 0.6) is 11.5 Å². The zero-order valence-corrected chi connectivity index (χ0v) is 11.4. The highest BCUT2D eigenvalue weighted by atomic mass is 16.7. The van der Waals surface area contributed by atoms with Crippen LogP contribution in [0, 0.1) is 0 Å². The number of anilines is 1. The Morgan fingerprint density at radius 3 is 2.95 bits per heavy atom. The highest BCUT2D eigenvalue weighted by Gasteiger charge is 2.21. The van der Waals surface area contributed by atoms with Gasteiger partial charge in [-0.05, 0) is 43.6 Å². The number of nitrogens with one attached hydrogen (secondary N) is 1. The Hall–Kier alpha value is -2.01. The lowest BCUT2D eigenvalue weighted by molar-refractivity contribution is 0.174. The molecule has 1 N–H and O–H groups in total. The van der Waals surface area contributed by atoms with E-state index in [9.17, 15) is 0 Å². The van der Waals surface area contributed by atoms with E-state index >= 15 is 0 Å². The standard InChI is InChI=1S/C15H17N3O2/c1-18-5-3-11(8-18)17-15-12-7-14-13(19-9-20-14)6-10(12)2-4-16-15/h2,4,6-7,11H,3,5,8-9H2,1H3,(H,16,17). The smallest absolute Gasteiger partial charge is 0.231 e. The van der Waals surface area contributed by atoms with Gasteiger partial charge >= 0.3 is 0 Å². The van der Waals surface area contributed by atoms with Crippen molar-refractivity contribution >= 4 is 16.6 Å². The van der Waals surface area contributed by atoms with Gasteiger partial charge in [-0.2, -0.15) is 0 Å². The summed E-state index contributed by atoms with van der Waals surface area (Å²) < 4.78 is 10.9. The number of fused-ring (bicyclic) bond motifs is 2. The molecule has 20 heavy (non-hydrogen) atoms. The lowest BCUT2D eigenvalue weighted by atomic mass is 10.1. The van der Waals surface area contributed by atoms with Crippen LogP contribution < -0.4 is 14.8 Å². The van der Waals surface area contributed by atoms with Crippen LogP contribution in [0.2, 0.25) is 0 Å². The molecular formula is C15H17N3O2. The number of nitrogens with zero attached hydrogens (tertiary/aromatic N) is 2. The Bertz CT molecular complexity index is 659. The summed E-state index contributed by atoms with van der Waals surface area (Å²) in [5, 5.41) is 5.77. The molecule has 1 unspecified atom stereocenters. The number of likely N-dealkylation sites (tertiary alicyclic amines) is 1. The van der Waals surface area contributed by atoms with Crippen LogP contribution in [-0.4, -0.2) is 42.9 Å². The van der Waals surface area contributed by atoms with Crippen molar-refractivity contribution in [2.45, 2.75) is 12.5 Å².